The molecule has 0 radical (unpaired) electrons. The van der Waals surface area contributed by atoms with Gasteiger partial charge in [-0.3, -0.25) is 9.59 Å². The first kappa shape index (κ1) is 19.6. The van der Waals surface area contributed by atoms with Crippen LogP contribution < -0.4 is 16.0 Å². The summed E-state index contributed by atoms with van der Waals surface area (Å²) in [6.07, 6.45) is 1.65. The van der Waals surface area contributed by atoms with Gasteiger partial charge in [0.25, 0.3) is 5.91 Å². The molecule has 2 heterocycles. The quantitative estimate of drug-likeness (QED) is 0.684. The van der Waals surface area contributed by atoms with Gasteiger partial charge in [-0.25, -0.2) is 0 Å². The fourth-order valence-electron chi connectivity index (χ4n) is 3.70. The molecular weight excluding hydrogens is 378 g/mol. The zero-order valence-corrected chi connectivity index (χ0v) is 16.5. The maximum atomic E-state index is 12.8. The highest BCUT2D eigenvalue weighted by Gasteiger charge is 2.27. The van der Waals surface area contributed by atoms with Crippen LogP contribution in [0.25, 0.3) is 11.3 Å². The third-order valence-corrected chi connectivity index (χ3v) is 5.29. The Balaban J connectivity index is 1.44. The van der Waals surface area contributed by atoms with Crippen LogP contribution in [-0.2, 0) is 4.79 Å². The number of hydrogen-bond acceptors (Lipinski definition) is 5. The van der Waals surface area contributed by atoms with Crippen LogP contribution >= 0.6 is 0 Å². The van der Waals surface area contributed by atoms with Gasteiger partial charge in [-0.1, -0.05) is 42.5 Å². The molecule has 1 fully saturated rings. The molecule has 1 aliphatic rings. The molecule has 1 atom stereocenters. The lowest BCUT2D eigenvalue weighted by Gasteiger charge is -2.32. The lowest BCUT2D eigenvalue weighted by molar-refractivity contribution is -0.120. The average Bonchev–Trinajstić information content (AvgIpc) is 2.80. The molecular formula is C23H23N5O2. The van der Waals surface area contributed by atoms with Gasteiger partial charge in [0.1, 0.15) is 0 Å². The molecule has 2 aromatic carbocycles. The van der Waals surface area contributed by atoms with Crippen LogP contribution in [0.4, 0.5) is 11.5 Å². The molecule has 0 spiro atoms. The summed E-state index contributed by atoms with van der Waals surface area (Å²) in [6.45, 7) is 1.37. The number of hydrogen-bond donors (Lipinski definition) is 2. The highest BCUT2D eigenvalue weighted by molar-refractivity contribution is 6.03. The van der Waals surface area contributed by atoms with Gasteiger partial charge in [0, 0.05) is 18.7 Å². The third kappa shape index (κ3) is 4.30. The summed E-state index contributed by atoms with van der Waals surface area (Å²) in [4.78, 5) is 26.5. The normalized spacial score (nSPS) is 16.1. The van der Waals surface area contributed by atoms with Crippen molar-refractivity contribution in [1.29, 1.82) is 0 Å². The summed E-state index contributed by atoms with van der Waals surface area (Å²) < 4.78 is 0. The van der Waals surface area contributed by atoms with Crippen molar-refractivity contribution in [3.63, 3.8) is 0 Å². The summed E-state index contributed by atoms with van der Waals surface area (Å²) in [5.41, 5.74) is 7.99. The summed E-state index contributed by atoms with van der Waals surface area (Å²) in [7, 11) is 0. The van der Waals surface area contributed by atoms with Gasteiger partial charge in [0.05, 0.1) is 22.9 Å². The Morgan fingerprint density at radius 2 is 1.73 bits per heavy atom. The molecule has 0 unspecified atom stereocenters. The Morgan fingerprint density at radius 1 is 0.967 bits per heavy atom. The lowest BCUT2D eigenvalue weighted by atomic mass is 9.96. The fourth-order valence-corrected chi connectivity index (χ4v) is 3.70. The van der Waals surface area contributed by atoms with Crippen LogP contribution in [-0.4, -0.2) is 35.1 Å². The van der Waals surface area contributed by atoms with E-state index in [9.17, 15) is 9.59 Å². The van der Waals surface area contributed by atoms with Crippen molar-refractivity contribution in [3.05, 3.63) is 72.3 Å². The molecule has 1 aliphatic heterocycles. The van der Waals surface area contributed by atoms with Gasteiger partial charge in [0.15, 0.2) is 5.82 Å². The lowest BCUT2D eigenvalue weighted by Crippen LogP contribution is -2.41. The molecule has 7 nitrogen and oxygen atoms in total. The van der Waals surface area contributed by atoms with Crippen LogP contribution in [0.3, 0.4) is 0 Å². The molecule has 0 bridgehead atoms. The minimum atomic E-state index is -0.565. The number of nitrogens with zero attached hydrogens (tertiary/aromatic N) is 3. The van der Waals surface area contributed by atoms with Crippen LogP contribution in [0.15, 0.2) is 66.7 Å². The van der Waals surface area contributed by atoms with E-state index in [-0.39, 0.29) is 11.8 Å². The van der Waals surface area contributed by atoms with E-state index in [0.29, 0.717) is 17.8 Å². The number of aromatic nitrogens is 2. The molecule has 30 heavy (non-hydrogen) atoms. The number of rotatable bonds is 5. The first-order valence-corrected chi connectivity index (χ1v) is 9.95. The van der Waals surface area contributed by atoms with E-state index in [2.05, 4.69) is 20.4 Å². The molecule has 1 saturated heterocycles. The van der Waals surface area contributed by atoms with Gasteiger partial charge in [-0.2, -0.15) is 0 Å². The van der Waals surface area contributed by atoms with Crippen LogP contribution in [0.5, 0.6) is 0 Å². The van der Waals surface area contributed by atoms with E-state index >= 15 is 0 Å². The minimum Gasteiger partial charge on any atom is -0.366 e. The molecule has 2 amide bonds. The Morgan fingerprint density at radius 3 is 2.47 bits per heavy atom. The van der Waals surface area contributed by atoms with Gasteiger partial charge in [-0.15, -0.1) is 10.2 Å². The van der Waals surface area contributed by atoms with Crippen molar-refractivity contribution in [2.75, 3.05) is 23.3 Å². The van der Waals surface area contributed by atoms with E-state index in [1.54, 1.807) is 24.3 Å². The van der Waals surface area contributed by atoms with Gasteiger partial charge in [0.2, 0.25) is 5.91 Å². The smallest absolute Gasteiger partial charge is 0.250 e. The highest BCUT2D eigenvalue weighted by Crippen LogP contribution is 2.25. The zero-order chi connectivity index (χ0) is 20.9. The Bertz CT molecular complexity index is 1040. The zero-order valence-electron chi connectivity index (χ0n) is 16.5. The van der Waals surface area contributed by atoms with Crippen molar-refractivity contribution in [1.82, 2.24) is 10.2 Å². The average molecular weight is 401 g/mol. The second-order valence-corrected chi connectivity index (χ2v) is 7.33. The predicted octanol–water partition coefficient (Wildman–Crippen LogP) is 3.10. The van der Waals surface area contributed by atoms with Crippen molar-refractivity contribution >= 4 is 23.3 Å². The summed E-state index contributed by atoms with van der Waals surface area (Å²) in [5.74, 6) is -0.146. The SMILES string of the molecule is NC(=O)c1ccccc1NC(=O)[C@H]1CCCN(c2ccc(-c3ccccc3)nn2)C1. The van der Waals surface area contributed by atoms with Crippen LogP contribution in [0.2, 0.25) is 0 Å². The summed E-state index contributed by atoms with van der Waals surface area (Å²) in [5, 5.41) is 11.6. The molecule has 152 valence electrons. The third-order valence-electron chi connectivity index (χ3n) is 5.29. The van der Waals surface area contributed by atoms with E-state index in [1.807, 2.05) is 42.5 Å². The second kappa shape index (κ2) is 8.73. The first-order chi connectivity index (χ1) is 14.6. The number of benzene rings is 2. The maximum Gasteiger partial charge on any atom is 0.250 e. The van der Waals surface area contributed by atoms with Gasteiger partial charge < -0.3 is 16.0 Å². The number of para-hydroxylation sites is 1. The fraction of sp³-hybridized carbons (Fsp3) is 0.217. The van der Waals surface area contributed by atoms with Crippen LogP contribution in [0, 0.1) is 5.92 Å². The van der Waals surface area contributed by atoms with E-state index in [0.717, 1.165) is 36.5 Å². The number of nitrogens with one attached hydrogen (secondary N) is 1. The Labute approximate surface area is 174 Å². The number of primary amides is 1. The highest BCUT2D eigenvalue weighted by atomic mass is 16.2. The van der Waals surface area contributed by atoms with Gasteiger partial charge >= 0.3 is 0 Å². The van der Waals surface area contributed by atoms with Crippen molar-refractivity contribution in [3.8, 4) is 11.3 Å². The summed E-state index contributed by atoms with van der Waals surface area (Å²) >= 11 is 0. The number of nitrogens with two attached hydrogens (primary N) is 1. The number of piperidine rings is 1. The molecule has 7 heteroatoms. The topological polar surface area (TPSA) is 101 Å². The standard InChI is InChI=1S/C23H23N5O2/c24-22(29)18-10-4-5-11-20(18)25-23(30)17-9-6-14-28(15-17)21-13-12-19(26-27-21)16-7-2-1-3-8-16/h1-5,7-8,10-13,17H,6,9,14-15H2,(H2,24,29)(H,25,30)/t17-/m0/s1. The molecule has 1 aromatic heterocycles. The minimum absolute atomic E-state index is 0.123. The Kier molecular flexibility index (Phi) is 5.70. The number of amides is 2. The molecule has 4 rings (SSSR count). The molecule has 3 aromatic rings. The van der Waals surface area contributed by atoms with E-state index < -0.39 is 5.91 Å². The molecule has 3 N–H and O–H groups in total. The largest absolute Gasteiger partial charge is 0.366 e. The monoisotopic (exact) mass is 401 g/mol. The first-order valence-electron chi connectivity index (χ1n) is 9.95. The van der Waals surface area contributed by atoms with Crippen molar-refractivity contribution in [2.45, 2.75) is 12.8 Å². The van der Waals surface area contributed by atoms with E-state index in [1.165, 1.54) is 0 Å². The van der Waals surface area contributed by atoms with Crippen LogP contribution in [0.1, 0.15) is 23.2 Å². The summed E-state index contributed by atoms with van der Waals surface area (Å²) in [6, 6.07) is 20.6. The molecule has 0 aliphatic carbocycles. The maximum absolute atomic E-state index is 12.8. The number of carbonyl (C=O) groups is 2. The number of carbonyl (C=O) groups excluding carboxylic acids is 2. The Hall–Kier alpha value is -3.74. The second-order valence-electron chi connectivity index (χ2n) is 7.33. The van der Waals surface area contributed by atoms with Gasteiger partial charge in [-0.05, 0) is 37.1 Å². The van der Waals surface area contributed by atoms with Crippen molar-refractivity contribution in [2.24, 2.45) is 11.7 Å². The van der Waals surface area contributed by atoms with Crippen molar-refractivity contribution < 1.29 is 9.59 Å². The number of anilines is 2. The van der Waals surface area contributed by atoms with E-state index in [4.69, 9.17) is 5.73 Å². The molecule has 0 saturated carbocycles. The predicted molar refractivity (Wildman–Crippen MR) is 116 cm³/mol.